The van der Waals surface area contributed by atoms with Crippen LogP contribution in [0.1, 0.15) is 45.2 Å². The lowest BCUT2D eigenvalue weighted by molar-refractivity contribution is 0.199. The summed E-state index contributed by atoms with van der Waals surface area (Å²) >= 11 is 0. The van der Waals surface area contributed by atoms with Gasteiger partial charge in [0.1, 0.15) is 0 Å². The van der Waals surface area contributed by atoms with Crippen LogP contribution in [0.25, 0.3) is 0 Å². The van der Waals surface area contributed by atoms with E-state index in [1.807, 2.05) is 12.5 Å². The Labute approximate surface area is 98.3 Å². The molecule has 0 aromatic carbocycles. The molecule has 3 heteroatoms. The molecule has 16 heavy (non-hydrogen) atoms. The van der Waals surface area contributed by atoms with E-state index in [2.05, 4.69) is 35.6 Å². The number of piperidine rings is 1. The molecule has 1 fully saturated rings. The molecule has 0 spiro atoms. The van der Waals surface area contributed by atoms with E-state index in [9.17, 15) is 0 Å². The molecule has 0 aliphatic carbocycles. The van der Waals surface area contributed by atoms with Gasteiger partial charge in [0, 0.05) is 25.0 Å². The Morgan fingerprint density at radius 1 is 1.56 bits per heavy atom. The van der Waals surface area contributed by atoms with Crippen LogP contribution in [0.4, 0.5) is 0 Å². The molecule has 2 heterocycles. The van der Waals surface area contributed by atoms with Crippen LogP contribution in [-0.4, -0.2) is 22.6 Å². The maximum Gasteiger partial charge on any atom is 0.0948 e. The molecule has 0 bridgehead atoms. The predicted molar refractivity (Wildman–Crippen MR) is 66.5 cm³/mol. The molecule has 1 aromatic rings. The number of hydrogen-bond donors (Lipinski definition) is 1. The lowest BCUT2D eigenvalue weighted by Crippen LogP contribution is -2.40. The van der Waals surface area contributed by atoms with E-state index in [0.717, 1.165) is 13.1 Å². The summed E-state index contributed by atoms with van der Waals surface area (Å²) in [5.41, 5.74) is 1.74. The zero-order valence-corrected chi connectivity index (χ0v) is 10.7. The van der Waals surface area contributed by atoms with Crippen LogP contribution in [0.2, 0.25) is 0 Å². The first-order valence-electron chi connectivity index (χ1n) is 6.31. The lowest BCUT2D eigenvalue weighted by Gasteiger charge is -2.35. The van der Waals surface area contributed by atoms with E-state index >= 15 is 0 Å². The molecule has 1 aliphatic rings. The van der Waals surface area contributed by atoms with Crippen molar-refractivity contribution in [3.05, 3.63) is 18.2 Å². The second-order valence-electron chi connectivity index (χ2n) is 5.69. The van der Waals surface area contributed by atoms with Crippen LogP contribution in [0, 0.1) is 5.41 Å². The Balaban J connectivity index is 2.10. The summed E-state index contributed by atoms with van der Waals surface area (Å²) in [5, 5.41) is 3.50. The molecule has 3 nitrogen and oxygen atoms in total. The Hall–Kier alpha value is -0.830. The van der Waals surface area contributed by atoms with Gasteiger partial charge < -0.3 is 9.88 Å². The third-order valence-corrected chi connectivity index (χ3v) is 3.57. The quantitative estimate of drug-likeness (QED) is 0.849. The van der Waals surface area contributed by atoms with Gasteiger partial charge in [-0.1, -0.05) is 20.8 Å². The topological polar surface area (TPSA) is 29.9 Å². The fourth-order valence-corrected chi connectivity index (χ4v) is 2.61. The number of hydrogen-bond acceptors (Lipinski definition) is 2. The van der Waals surface area contributed by atoms with Crippen molar-refractivity contribution in [3.8, 4) is 0 Å². The first-order chi connectivity index (χ1) is 7.61. The summed E-state index contributed by atoms with van der Waals surface area (Å²) in [4.78, 5) is 4.28. The Morgan fingerprint density at radius 2 is 2.38 bits per heavy atom. The van der Waals surface area contributed by atoms with Gasteiger partial charge in [0.2, 0.25) is 0 Å². The number of nitrogens with one attached hydrogen (secondary N) is 1. The highest BCUT2D eigenvalue weighted by atomic mass is 15.1. The molecule has 2 rings (SSSR count). The zero-order valence-electron chi connectivity index (χ0n) is 10.7. The highest BCUT2D eigenvalue weighted by molar-refractivity contribution is 5.04. The van der Waals surface area contributed by atoms with Gasteiger partial charge >= 0.3 is 0 Å². The second-order valence-corrected chi connectivity index (χ2v) is 5.69. The molecular formula is C13H23N3. The Bertz CT molecular complexity index is 335. The van der Waals surface area contributed by atoms with Gasteiger partial charge in [-0.2, -0.15) is 0 Å². The van der Waals surface area contributed by atoms with Gasteiger partial charge in [-0.05, 0) is 30.7 Å². The smallest absolute Gasteiger partial charge is 0.0948 e. The summed E-state index contributed by atoms with van der Waals surface area (Å²) in [7, 11) is 0. The first kappa shape index (κ1) is 11.6. The van der Waals surface area contributed by atoms with Crippen LogP contribution < -0.4 is 5.32 Å². The van der Waals surface area contributed by atoms with Crippen molar-refractivity contribution >= 4 is 0 Å². The third kappa shape index (κ3) is 2.46. The summed E-state index contributed by atoms with van der Waals surface area (Å²) in [6, 6.07) is 0. The van der Waals surface area contributed by atoms with E-state index in [4.69, 9.17) is 0 Å². The molecule has 1 unspecified atom stereocenters. The van der Waals surface area contributed by atoms with Gasteiger partial charge in [-0.15, -0.1) is 0 Å². The van der Waals surface area contributed by atoms with Gasteiger partial charge in [-0.25, -0.2) is 4.98 Å². The van der Waals surface area contributed by atoms with Crippen molar-refractivity contribution in [1.82, 2.24) is 14.9 Å². The Morgan fingerprint density at radius 3 is 3.00 bits per heavy atom. The number of aromatic nitrogens is 2. The zero-order chi connectivity index (χ0) is 11.6. The third-order valence-electron chi connectivity index (χ3n) is 3.57. The molecule has 1 aromatic heterocycles. The van der Waals surface area contributed by atoms with Crippen LogP contribution >= 0.6 is 0 Å². The minimum atomic E-state index is 0.391. The normalized spacial score (nSPS) is 26.2. The summed E-state index contributed by atoms with van der Waals surface area (Å²) in [6.07, 6.45) is 6.59. The van der Waals surface area contributed by atoms with Crippen molar-refractivity contribution < 1.29 is 0 Å². The van der Waals surface area contributed by atoms with E-state index in [0.29, 0.717) is 11.3 Å². The average Bonchev–Trinajstić information content (AvgIpc) is 2.66. The summed E-state index contributed by atoms with van der Waals surface area (Å²) < 4.78 is 2.33. The van der Waals surface area contributed by atoms with Crippen molar-refractivity contribution in [2.24, 2.45) is 5.41 Å². The maximum atomic E-state index is 4.28. The highest BCUT2D eigenvalue weighted by Crippen LogP contribution is 2.28. The molecule has 1 N–H and O–H groups in total. The van der Waals surface area contributed by atoms with Crippen molar-refractivity contribution in [2.75, 3.05) is 13.1 Å². The minimum absolute atomic E-state index is 0.391. The van der Waals surface area contributed by atoms with E-state index < -0.39 is 0 Å². The Kier molecular flexibility index (Phi) is 3.33. The van der Waals surface area contributed by atoms with Gasteiger partial charge in [-0.3, -0.25) is 0 Å². The molecule has 1 saturated heterocycles. The van der Waals surface area contributed by atoms with Crippen LogP contribution in [-0.2, 0) is 6.54 Å². The molecule has 0 radical (unpaired) electrons. The fourth-order valence-electron chi connectivity index (χ4n) is 2.61. The number of nitrogens with zero attached hydrogens (tertiary/aromatic N) is 2. The lowest BCUT2D eigenvalue weighted by atomic mass is 9.82. The molecule has 1 aliphatic heterocycles. The predicted octanol–water partition coefficient (Wildman–Crippen LogP) is 2.40. The largest absolute Gasteiger partial charge is 0.334 e. The SMILES string of the molecule is CC(C)c1cncn1CC1(C)CCCNC1. The molecule has 90 valence electrons. The highest BCUT2D eigenvalue weighted by Gasteiger charge is 2.27. The number of rotatable bonds is 3. The summed E-state index contributed by atoms with van der Waals surface area (Å²) in [5.74, 6) is 0.558. The average molecular weight is 221 g/mol. The van der Waals surface area contributed by atoms with Crippen LogP contribution in [0.5, 0.6) is 0 Å². The van der Waals surface area contributed by atoms with Crippen molar-refractivity contribution in [2.45, 2.75) is 46.1 Å². The fraction of sp³-hybridized carbons (Fsp3) is 0.769. The minimum Gasteiger partial charge on any atom is -0.334 e. The second kappa shape index (κ2) is 4.58. The molecule has 1 atom stereocenters. The van der Waals surface area contributed by atoms with E-state index in [-0.39, 0.29) is 0 Å². The van der Waals surface area contributed by atoms with Gasteiger partial charge in [0.15, 0.2) is 0 Å². The molecule has 0 amide bonds. The maximum absolute atomic E-state index is 4.28. The van der Waals surface area contributed by atoms with Crippen molar-refractivity contribution in [1.29, 1.82) is 0 Å². The van der Waals surface area contributed by atoms with Crippen molar-refractivity contribution in [3.63, 3.8) is 0 Å². The van der Waals surface area contributed by atoms with Crippen LogP contribution in [0.15, 0.2) is 12.5 Å². The first-order valence-corrected chi connectivity index (χ1v) is 6.31. The van der Waals surface area contributed by atoms with E-state index in [1.54, 1.807) is 0 Å². The van der Waals surface area contributed by atoms with Gasteiger partial charge in [0.05, 0.1) is 6.33 Å². The monoisotopic (exact) mass is 221 g/mol. The molecule has 0 saturated carbocycles. The van der Waals surface area contributed by atoms with Gasteiger partial charge in [0.25, 0.3) is 0 Å². The standard InChI is InChI=1S/C13H23N3/c1-11(2)12-7-15-10-16(12)9-13(3)5-4-6-14-8-13/h7,10-11,14H,4-6,8-9H2,1-3H3. The van der Waals surface area contributed by atoms with E-state index in [1.165, 1.54) is 25.1 Å². The molecular weight excluding hydrogens is 198 g/mol. The summed E-state index contributed by atoms with van der Waals surface area (Å²) in [6.45, 7) is 10.2. The van der Waals surface area contributed by atoms with Crippen LogP contribution in [0.3, 0.4) is 0 Å². The number of imidazole rings is 1.